The molecule has 7 aliphatic carbocycles. The number of alkyl halides is 3. The van der Waals surface area contributed by atoms with Crippen LogP contribution >= 0.6 is 11.6 Å². The number of carbonyl (C=O) groups is 2. The summed E-state index contributed by atoms with van der Waals surface area (Å²) >= 11 is 6.44. The van der Waals surface area contributed by atoms with Crippen molar-refractivity contribution in [1.82, 2.24) is 4.90 Å². The monoisotopic (exact) mass is 947 g/mol. The zero-order chi connectivity index (χ0) is 48.1. The molecule has 2 N–H and O–H groups in total. The number of hydrogen-bond acceptors (Lipinski definition) is 8. The summed E-state index contributed by atoms with van der Waals surface area (Å²) in [5, 5.41) is 24.7. The number of furan rings is 1. The van der Waals surface area contributed by atoms with Crippen LogP contribution in [0.4, 0.5) is 18.0 Å². The smallest absolute Gasteiger partial charge is 0.416 e. The summed E-state index contributed by atoms with van der Waals surface area (Å²) in [7, 11) is 3.16. The first kappa shape index (κ1) is 47.8. The molecule has 13 heteroatoms. The number of fused-ring (bicyclic) bond motifs is 1. The molecule has 4 saturated carbocycles. The van der Waals surface area contributed by atoms with Crippen LogP contribution in [0.5, 0.6) is 11.5 Å². The highest BCUT2D eigenvalue weighted by Gasteiger charge is 2.75. The third-order valence-corrected chi connectivity index (χ3v) is 18.5. The van der Waals surface area contributed by atoms with E-state index in [1.807, 2.05) is 12.1 Å². The van der Waals surface area contributed by atoms with Gasteiger partial charge in [-0.2, -0.15) is 13.2 Å². The van der Waals surface area contributed by atoms with E-state index in [4.69, 9.17) is 30.2 Å². The molecule has 0 aliphatic heterocycles. The maximum Gasteiger partial charge on any atom is 0.416 e. The topological polar surface area (TPSA) is 119 Å². The van der Waals surface area contributed by atoms with E-state index < -0.39 is 45.8 Å². The molecule has 4 fully saturated rings. The van der Waals surface area contributed by atoms with Crippen molar-refractivity contribution < 1.29 is 51.6 Å². The van der Waals surface area contributed by atoms with Crippen molar-refractivity contribution in [2.45, 2.75) is 129 Å². The van der Waals surface area contributed by atoms with Crippen LogP contribution in [0.1, 0.15) is 121 Å². The van der Waals surface area contributed by atoms with Gasteiger partial charge in [-0.3, -0.25) is 4.79 Å². The first-order valence-electron chi connectivity index (χ1n) is 24.1. The van der Waals surface area contributed by atoms with Crippen molar-refractivity contribution in [2.75, 3.05) is 20.8 Å². The predicted molar refractivity (Wildman–Crippen MR) is 249 cm³/mol. The molecule has 2 bridgehead atoms. The summed E-state index contributed by atoms with van der Waals surface area (Å²) in [4.78, 5) is 31.8. The highest BCUT2D eigenvalue weighted by Crippen LogP contribution is 2.78. The summed E-state index contributed by atoms with van der Waals surface area (Å²) in [5.41, 5.74) is -3.67. The minimum Gasteiger partial charge on any atom is -0.497 e. The summed E-state index contributed by atoms with van der Waals surface area (Å²) in [6.07, 6.45) is 7.35. The quantitative estimate of drug-likeness (QED) is 0.144. The predicted octanol–water partition coefficient (Wildman–Crippen LogP) is 12.5. The number of ether oxygens (including phenoxy) is 3. The number of hydrogen-bond donors (Lipinski definition) is 2. The lowest BCUT2D eigenvalue weighted by atomic mass is 9.32. The van der Waals surface area contributed by atoms with Gasteiger partial charge >= 0.3 is 12.3 Å². The van der Waals surface area contributed by atoms with E-state index in [2.05, 4.69) is 52.8 Å². The average Bonchev–Trinajstić information content (AvgIpc) is 3.88. The van der Waals surface area contributed by atoms with Gasteiger partial charge in [0.2, 0.25) is 5.78 Å². The molecular weight excluding hydrogens is 883 g/mol. The molecule has 362 valence electrons. The van der Waals surface area contributed by atoms with Gasteiger partial charge in [0.1, 0.15) is 23.4 Å². The Morgan fingerprint density at radius 3 is 2.37 bits per heavy atom. The van der Waals surface area contributed by atoms with Gasteiger partial charge < -0.3 is 33.7 Å². The van der Waals surface area contributed by atoms with Crippen LogP contribution in [0.15, 0.2) is 76.7 Å². The maximum atomic E-state index is 15.3. The molecule has 9 nitrogen and oxygen atoms in total. The first-order valence-corrected chi connectivity index (χ1v) is 24.5. The standard InChI is InChI=1S/C54H65ClF3NO8/c1-31(2)37-12-8-32(3)24-44(37)67-48(62)59(29-33-9-11-36(64-6)26-43(33)65-7)30-52(63)21-18-46-50(52,5)20-17-45-49(4)19-16-35(60)27-51(49)22-23-53(45,46)39(28-51)47(61)42-15-14-41(66-42)38-25-34(54(56,57)58)10-13-40(38)55/h9-11,13-15,22-23,25-26,28,31-32,35,37,44-46,60,63H,8,12,16-21,24,27,29-30H2,1-7H3. The lowest BCUT2D eigenvalue weighted by molar-refractivity contribution is -0.176. The lowest BCUT2D eigenvalue weighted by Crippen LogP contribution is -2.67. The minimum atomic E-state index is -4.62. The SMILES string of the molecule is COc1ccc(CN(CC2(O)CCC3C45C=CC6(C=C4C(=O)c4ccc(-c7cc(C(F)(F)F)ccc7Cl)o4)CC(O)CCC6(C)C5CCC32C)C(=O)OC2CC(C)CCC2C(C)C)c(OC)c1. The summed E-state index contributed by atoms with van der Waals surface area (Å²) in [6.45, 7) is 11.0. The molecule has 1 heterocycles. The Morgan fingerprint density at radius 2 is 1.66 bits per heavy atom. The zero-order valence-electron chi connectivity index (χ0n) is 39.7. The summed E-state index contributed by atoms with van der Waals surface area (Å²) in [5.74, 6) is 1.39. The van der Waals surface area contributed by atoms with Crippen LogP contribution in [-0.2, 0) is 17.5 Å². The number of amides is 1. The Hall–Kier alpha value is -4.26. The van der Waals surface area contributed by atoms with E-state index in [1.54, 1.807) is 25.2 Å². The van der Waals surface area contributed by atoms with Gasteiger partial charge in [0.05, 0.1) is 49.6 Å². The Labute approximate surface area is 397 Å². The fraction of sp³-hybridized carbons (Fsp3) is 0.593. The van der Waals surface area contributed by atoms with Crippen molar-refractivity contribution in [3.63, 3.8) is 0 Å². The van der Waals surface area contributed by atoms with Crippen LogP contribution in [0, 0.1) is 51.2 Å². The van der Waals surface area contributed by atoms with Gasteiger partial charge in [-0.15, -0.1) is 0 Å². The molecule has 11 unspecified atom stereocenters. The molecule has 0 saturated heterocycles. The first-order chi connectivity index (χ1) is 31.6. The van der Waals surface area contributed by atoms with Gasteiger partial charge in [-0.1, -0.05) is 70.9 Å². The molecular formula is C54H65ClF3NO8. The van der Waals surface area contributed by atoms with E-state index in [1.165, 1.54) is 18.2 Å². The normalized spacial score (nSPS) is 35.3. The number of nitrogens with zero attached hydrogens (tertiary/aromatic N) is 1. The molecule has 3 aromatic rings. The van der Waals surface area contributed by atoms with E-state index in [9.17, 15) is 28.2 Å². The summed E-state index contributed by atoms with van der Waals surface area (Å²) < 4.78 is 65.5. The van der Waals surface area contributed by atoms with Crippen LogP contribution in [0.3, 0.4) is 0 Å². The molecule has 10 rings (SSSR count). The number of allylic oxidation sites excluding steroid dienone is 4. The molecule has 11 atom stereocenters. The van der Waals surface area contributed by atoms with E-state index >= 15 is 4.79 Å². The molecule has 1 aromatic heterocycles. The Morgan fingerprint density at radius 1 is 0.925 bits per heavy atom. The van der Waals surface area contributed by atoms with E-state index in [0.717, 1.165) is 43.4 Å². The third-order valence-electron chi connectivity index (χ3n) is 18.1. The second kappa shape index (κ2) is 17.0. The fourth-order valence-corrected chi connectivity index (χ4v) is 14.6. The van der Waals surface area contributed by atoms with Gasteiger partial charge in [-0.25, -0.2) is 4.79 Å². The zero-order valence-corrected chi connectivity index (χ0v) is 40.4. The van der Waals surface area contributed by atoms with Crippen LogP contribution in [0.25, 0.3) is 11.3 Å². The number of ketones is 1. The van der Waals surface area contributed by atoms with Crippen LogP contribution < -0.4 is 9.47 Å². The Balaban J connectivity index is 1.10. The van der Waals surface area contributed by atoms with Crippen molar-refractivity contribution in [2.24, 2.45) is 51.2 Å². The third kappa shape index (κ3) is 7.65. The second-order valence-electron chi connectivity index (χ2n) is 21.8. The molecule has 2 aromatic carbocycles. The number of methoxy groups -OCH3 is 2. The van der Waals surface area contributed by atoms with Gasteiger partial charge in [0.25, 0.3) is 0 Å². The van der Waals surface area contributed by atoms with Crippen LogP contribution in [-0.4, -0.2) is 65.6 Å². The minimum absolute atomic E-state index is 0.0198. The van der Waals surface area contributed by atoms with Crippen molar-refractivity contribution in [3.8, 4) is 22.8 Å². The molecule has 7 aliphatic rings. The number of aliphatic hydroxyl groups excluding tert-OH is 1. The molecule has 1 amide bonds. The number of benzene rings is 2. The van der Waals surface area contributed by atoms with Crippen molar-refractivity contribution >= 4 is 23.5 Å². The van der Waals surface area contributed by atoms with E-state index in [-0.39, 0.29) is 70.3 Å². The number of aliphatic hydroxyl groups is 2. The van der Waals surface area contributed by atoms with Crippen LogP contribution in [0.2, 0.25) is 5.02 Å². The van der Waals surface area contributed by atoms with Gasteiger partial charge in [0.15, 0.2) is 5.76 Å². The van der Waals surface area contributed by atoms with Gasteiger partial charge in [0, 0.05) is 39.0 Å². The van der Waals surface area contributed by atoms with E-state index in [0.29, 0.717) is 67.4 Å². The molecule has 0 radical (unpaired) electrons. The number of rotatable bonds is 11. The van der Waals surface area contributed by atoms with Crippen molar-refractivity contribution in [1.29, 1.82) is 0 Å². The maximum absolute atomic E-state index is 15.3. The average molecular weight is 949 g/mol. The molecule has 67 heavy (non-hydrogen) atoms. The highest BCUT2D eigenvalue weighted by atomic mass is 35.5. The van der Waals surface area contributed by atoms with Crippen molar-refractivity contribution in [3.05, 3.63) is 94.2 Å². The Kier molecular flexibility index (Phi) is 12.1. The largest absolute Gasteiger partial charge is 0.497 e. The second-order valence-corrected chi connectivity index (χ2v) is 22.2. The number of halogens is 4. The Bertz CT molecular complexity index is 2480. The lowest BCUT2D eigenvalue weighted by Gasteiger charge is -2.71. The summed E-state index contributed by atoms with van der Waals surface area (Å²) in [6, 6.07) is 11.5. The highest BCUT2D eigenvalue weighted by molar-refractivity contribution is 6.33. The van der Waals surface area contributed by atoms with Gasteiger partial charge in [-0.05, 0) is 135 Å². The number of Topliss-reactive ketones (excluding diaryl/α,β-unsaturated/α-hetero) is 1. The number of carbonyl (C=O) groups excluding carboxylic acids is 2. The molecule has 2 spiro atoms. The fourth-order valence-electron chi connectivity index (χ4n) is 14.4.